The van der Waals surface area contributed by atoms with Crippen LogP contribution in [0.3, 0.4) is 0 Å². The Hall–Kier alpha value is -1.71. The minimum Gasteiger partial charge on any atom is -0.399 e. The van der Waals surface area contributed by atoms with E-state index >= 15 is 0 Å². The van der Waals surface area contributed by atoms with Crippen LogP contribution in [0, 0.1) is 13.8 Å². The molecule has 0 saturated carbocycles. The lowest BCUT2D eigenvalue weighted by Crippen LogP contribution is -2.27. The monoisotopic (exact) mass is 207 g/mol. The summed E-state index contributed by atoms with van der Waals surface area (Å²) in [5.41, 5.74) is 9.24. The molecule has 0 aliphatic carbocycles. The quantitative estimate of drug-likeness (QED) is 0.692. The Morgan fingerprint density at radius 3 is 2.40 bits per heavy atom. The van der Waals surface area contributed by atoms with Crippen LogP contribution in [0.2, 0.25) is 0 Å². The number of hydrogen-bond acceptors (Lipinski definition) is 2. The summed E-state index contributed by atoms with van der Waals surface area (Å²) in [5.74, 6) is 0. The van der Waals surface area contributed by atoms with E-state index in [2.05, 4.69) is 5.32 Å². The van der Waals surface area contributed by atoms with Crippen molar-refractivity contribution in [2.24, 2.45) is 0 Å². The third-order valence-corrected chi connectivity index (χ3v) is 2.26. The summed E-state index contributed by atoms with van der Waals surface area (Å²) in [6.07, 6.45) is 0. The van der Waals surface area contributed by atoms with E-state index in [1.165, 1.54) is 4.90 Å². The molecule has 0 fully saturated rings. The Morgan fingerprint density at radius 1 is 1.27 bits per heavy atom. The molecule has 0 aliphatic rings. The van der Waals surface area contributed by atoms with Gasteiger partial charge in [-0.1, -0.05) is 0 Å². The van der Waals surface area contributed by atoms with E-state index in [9.17, 15) is 4.79 Å². The average Bonchev–Trinajstić information content (AvgIpc) is 2.13. The SMILES string of the molecule is Cc1cc(NC(=O)N(C)C)c(C)cc1N. The van der Waals surface area contributed by atoms with Crippen molar-refractivity contribution in [3.63, 3.8) is 0 Å². The summed E-state index contributed by atoms with van der Waals surface area (Å²) >= 11 is 0. The van der Waals surface area contributed by atoms with Crippen LogP contribution in [-0.4, -0.2) is 25.0 Å². The van der Waals surface area contributed by atoms with Crippen molar-refractivity contribution in [3.05, 3.63) is 23.3 Å². The highest BCUT2D eigenvalue weighted by molar-refractivity contribution is 5.90. The zero-order chi connectivity index (χ0) is 11.6. The van der Waals surface area contributed by atoms with E-state index in [-0.39, 0.29) is 6.03 Å². The van der Waals surface area contributed by atoms with Gasteiger partial charge in [-0.3, -0.25) is 0 Å². The molecule has 15 heavy (non-hydrogen) atoms. The number of nitrogens with one attached hydrogen (secondary N) is 1. The molecule has 0 spiro atoms. The van der Waals surface area contributed by atoms with Gasteiger partial charge in [-0.2, -0.15) is 0 Å². The van der Waals surface area contributed by atoms with Gasteiger partial charge in [0.05, 0.1) is 0 Å². The number of nitrogen functional groups attached to an aromatic ring is 1. The number of urea groups is 1. The van der Waals surface area contributed by atoms with Gasteiger partial charge in [0.2, 0.25) is 0 Å². The standard InChI is InChI=1S/C11H17N3O/c1-7-6-10(8(2)5-9(7)12)13-11(15)14(3)4/h5-6H,12H2,1-4H3,(H,13,15). The van der Waals surface area contributed by atoms with E-state index in [1.807, 2.05) is 26.0 Å². The van der Waals surface area contributed by atoms with Crippen LogP contribution in [0.25, 0.3) is 0 Å². The summed E-state index contributed by atoms with van der Waals surface area (Å²) in [7, 11) is 3.41. The topological polar surface area (TPSA) is 58.4 Å². The van der Waals surface area contributed by atoms with Gasteiger partial charge in [-0.15, -0.1) is 0 Å². The first-order chi connectivity index (χ1) is 6.91. The molecule has 1 aromatic carbocycles. The van der Waals surface area contributed by atoms with Crippen LogP contribution in [0.5, 0.6) is 0 Å². The minimum atomic E-state index is -0.137. The Morgan fingerprint density at radius 2 is 1.87 bits per heavy atom. The van der Waals surface area contributed by atoms with Crippen LogP contribution < -0.4 is 11.1 Å². The first kappa shape index (κ1) is 11.4. The number of carbonyl (C=O) groups is 1. The summed E-state index contributed by atoms with van der Waals surface area (Å²) in [6.45, 7) is 3.83. The molecule has 0 unspecified atom stereocenters. The fourth-order valence-electron chi connectivity index (χ4n) is 1.20. The molecule has 3 N–H and O–H groups in total. The van der Waals surface area contributed by atoms with E-state index < -0.39 is 0 Å². The zero-order valence-corrected chi connectivity index (χ0v) is 9.59. The Kier molecular flexibility index (Phi) is 3.19. The van der Waals surface area contributed by atoms with Gasteiger partial charge in [0, 0.05) is 25.5 Å². The minimum absolute atomic E-state index is 0.137. The van der Waals surface area contributed by atoms with Crippen molar-refractivity contribution in [1.82, 2.24) is 4.90 Å². The van der Waals surface area contributed by atoms with Crippen molar-refractivity contribution in [3.8, 4) is 0 Å². The molecular weight excluding hydrogens is 190 g/mol. The van der Waals surface area contributed by atoms with Crippen LogP contribution in [0.4, 0.5) is 16.2 Å². The number of anilines is 2. The number of nitrogens with two attached hydrogens (primary N) is 1. The Balaban J connectivity index is 2.96. The van der Waals surface area contributed by atoms with Gasteiger partial charge >= 0.3 is 6.03 Å². The van der Waals surface area contributed by atoms with Crippen molar-refractivity contribution in [1.29, 1.82) is 0 Å². The van der Waals surface area contributed by atoms with E-state index in [0.29, 0.717) is 0 Å². The summed E-state index contributed by atoms with van der Waals surface area (Å²) < 4.78 is 0. The number of rotatable bonds is 1. The summed E-state index contributed by atoms with van der Waals surface area (Å²) in [6, 6.07) is 3.61. The lowest BCUT2D eigenvalue weighted by Gasteiger charge is -2.15. The van der Waals surface area contributed by atoms with Crippen LogP contribution in [0.1, 0.15) is 11.1 Å². The second-order valence-electron chi connectivity index (χ2n) is 3.85. The number of amides is 2. The molecule has 0 aliphatic heterocycles. The van der Waals surface area contributed by atoms with Crippen LogP contribution >= 0.6 is 0 Å². The lowest BCUT2D eigenvalue weighted by atomic mass is 10.1. The Labute approximate surface area is 90.1 Å². The third kappa shape index (κ3) is 2.62. The second-order valence-corrected chi connectivity index (χ2v) is 3.85. The van der Waals surface area contributed by atoms with Crippen molar-refractivity contribution in [2.75, 3.05) is 25.1 Å². The van der Waals surface area contributed by atoms with Crippen molar-refractivity contribution in [2.45, 2.75) is 13.8 Å². The first-order valence-electron chi connectivity index (χ1n) is 4.77. The number of nitrogens with zero attached hydrogens (tertiary/aromatic N) is 1. The maximum Gasteiger partial charge on any atom is 0.321 e. The number of benzene rings is 1. The van der Waals surface area contributed by atoms with Crippen LogP contribution in [-0.2, 0) is 0 Å². The predicted octanol–water partition coefficient (Wildman–Crippen LogP) is 1.98. The molecule has 0 saturated heterocycles. The normalized spacial score (nSPS) is 9.87. The fourth-order valence-corrected chi connectivity index (χ4v) is 1.20. The fraction of sp³-hybridized carbons (Fsp3) is 0.364. The highest BCUT2D eigenvalue weighted by atomic mass is 16.2. The second kappa shape index (κ2) is 4.21. The highest BCUT2D eigenvalue weighted by Crippen LogP contribution is 2.22. The molecule has 4 nitrogen and oxygen atoms in total. The van der Waals surface area contributed by atoms with Gasteiger partial charge in [-0.25, -0.2) is 4.79 Å². The van der Waals surface area contributed by atoms with Gasteiger partial charge < -0.3 is 16.0 Å². The molecular formula is C11H17N3O. The maximum absolute atomic E-state index is 11.4. The lowest BCUT2D eigenvalue weighted by molar-refractivity contribution is 0.230. The van der Waals surface area contributed by atoms with E-state index in [1.54, 1.807) is 14.1 Å². The molecule has 0 atom stereocenters. The predicted molar refractivity (Wildman–Crippen MR) is 63.0 cm³/mol. The number of hydrogen-bond donors (Lipinski definition) is 2. The number of carbonyl (C=O) groups excluding carboxylic acids is 1. The molecule has 2 amide bonds. The summed E-state index contributed by atoms with van der Waals surface area (Å²) in [4.78, 5) is 12.9. The van der Waals surface area contributed by atoms with Crippen molar-refractivity contribution < 1.29 is 4.79 Å². The maximum atomic E-state index is 11.4. The third-order valence-electron chi connectivity index (χ3n) is 2.26. The average molecular weight is 207 g/mol. The smallest absolute Gasteiger partial charge is 0.321 e. The first-order valence-corrected chi connectivity index (χ1v) is 4.77. The van der Waals surface area contributed by atoms with E-state index in [4.69, 9.17) is 5.73 Å². The van der Waals surface area contributed by atoms with Gasteiger partial charge in [0.25, 0.3) is 0 Å². The van der Waals surface area contributed by atoms with Gasteiger partial charge in [0.15, 0.2) is 0 Å². The molecule has 1 aromatic rings. The largest absolute Gasteiger partial charge is 0.399 e. The molecule has 4 heteroatoms. The zero-order valence-electron chi connectivity index (χ0n) is 9.59. The van der Waals surface area contributed by atoms with Gasteiger partial charge in [0.1, 0.15) is 0 Å². The summed E-state index contributed by atoms with van der Waals surface area (Å²) in [5, 5.41) is 2.81. The molecule has 1 rings (SSSR count). The Bertz CT molecular complexity index is 386. The van der Waals surface area contributed by atoms with Crippen LogP contribution in [0.15, 0.2) is 12.1 Å². The molecule has 82 valence electrons. The van der Waals surface area contributed by atoms with Gasteiger partial charge in [-0.05, 0) is 37.1 Å². The molecule has 0 bridgehead atoms. The molecule has 0 aromatic heterocycles. The highest BCUT2D eigenvalue weighted by Gasteiger charge is 2.07. The number of aryl methyl sites for hydroxylation is 2. The van der Waals surface area contributed by atoms with E-state index in [0.717, 1.165) is 22.5 Å². The van der Waals surface area contributed by atoms with Crippen molar-refractivity contribution >= 4 is 17.4 Å². The molecule has 0 radical (unpaired) electrons. The molecule has 0 heterocycles.